The smallest absolute Gasteiger partial charge is 0.245 e. The Hall–Kier alpha value is -1.50. The first-order valence-corrected chi connectivity index (χ1v) is 9.60. The van der Waals surface area contributed by atoms with Gasteiger partial charge in [0.05, 0.1) is 4.90 Å². The lowest BCUT2D eigenvalue weighted by Gasteiger charge is -2.28. The molecule has 1 aromatic rings. The molecule has 24 heavy (non-hydrogen) atoms. The van der Waals surface area contributed by atoms with E-state index in [-0.39, 0.29) is 11.8 Å². The molecule has 1 fully saturated rings. The minimum atomic E-state index is -3.60. The minimum absolute atomic E-state index is 0.000299. The monoisotopic (exact) mass is 351 g/mol. The maximum Gasteiger partial charge on any atom is 0.245 e. The lowest BCUT2D eigenvalue weighted by Crippen LogP contribution is -2.42. The summed E-state index contributed by atoms with van der Waals surface area (Å²) in [6.07, 6.45) is 5.69. The first kappa shape index (κ1) is 18.8. The maximum atomic E-state index is 13.0. The Morgan fingerprint density at radius 2 is 1.96 bits per heavy atom. The molecule has 1 aliphatic heterocycles. The molecule has 0 bridgehead atoms. The number of hydrogen-bond acceptors (Lipinski definition) is 4. The number of rotatable bonds is 7. The van der Waals surface area contributed by atoms with Crippen LogP contribution in [-0.2, 0) is 19.6 Å². The highest BCUT2D eigenvalue weighted by atomic mass is 32.2. The first-order valence-electron chi connectivity index (χ1n) is 8.16. The van der Waals surface area contributed by atoms with E-state index < -0.39 is 16.3 Å². The number of carbonyl (C=O) groups is 1. The molecule has 132 valence electrons. The van der Waals surface area contributed by atoms with Crippen molar-refractivity contribution in [3.63, 3.8) is 0 Å². The fourth-order valence-corrected chi connectivity index (χ4v) is 4.87. The van der Waals surface area contributed by atoms with E-state index >= 15 is 0 Å². The van der Waals surface area contributed by atoms with E-state index in [1.807, 2.05) is 6.92 Å². The highest BCUT2D eigenvalue weighted by Gasteiger charge is 2.41. The summed E-state index contributed by atoms with van der Waals surface area (Å²) >= 11 is 0. The predicted octanol–water partition coefficient (Wildman–Crippen LogP) is 3.05. The molecule has 1 heterocycles. The Balaban J connectivity index is 2.21. The van der Waals surface area contributed by atoms with Crippen LogP contribution >= 0.6 is 0 Å². The number of nitrogens with zero attached hydrogens (tertiary/aromatic N) is 1. The summed E-state index contributed by atoms with van der Waals surface area (Å²) < 4.78 is 33.0. The van der Waals surface area contributed by atoms with Crippen molar-refractivity contribution in [2.45, 2.75) is 56.7 Å². The molecule has 2 atom stereocenters. The zero-order valence-electron chi connectivity index (χ0n) is 14.4. The van der Waals surface area contributed by atoms with Gasteiger partial charge in [-0.1, -0.05) is 23.8 Å². The van der Waals surface area contributed by atoms with Gasteiger partial charge < -0.3 is 4.74 Å². The summed E-state index contributed by atoms with van der Waals surface area (Å²) in [5.74, 6) is 0.000299. The van der Waals surface area contributed by atoms with Gasteiger partial charge in [0, 0.05) is 13.2 Å². The van der Waals surface area contributed by atoms with Crippen molar-refractivity contribution in [2.75, 3.05) is 7.11 Å². The van der Waals surface area contributed by atoms with Gasteiger partial charge >= 0.3 is 0 Å². The molecule has 2 rings (SSSR count). The summed E-state index contributed by atoms with van der Waals surface area (Å²) in [5, 5.41) is 0. The summed E-state index contributed by atoms with van der Waals surface area (Å²) in [5.41, 5.74) is 1.02. The van der Waals surface area contributed by atoms with Crippen LogP contribution in [0, 0.1) is 6.92 Å². The van der Waals surface area contributed by atoms with E-state index in [0.717, 1.165) is 12.0 Å². The third-order valence-corrected chi connectivity index (χ3v) is 6.23. The lowest BCUT2D eigenvalue weighted by molar-refractivity contribution is -0.112. The van der Waals surface area contributed by atoms with Crippen molar-refractivity contribution < 1.29 is 17.9 Å². The number of benzene rings is 1. The summed E-state index contributed by atoms with van der Waals surface area (Å²) in [7, 11) is -2.06. The van der Waals surface area contributed by atoms with Crippen molar-refractivity contribution in [1.29, 1.82) is 0 Å². The van der Waals surface area contributed by atoms with E-state index in [1.54, 1.807) is 37.5 Å². The van der Waals surface area contributed by atoms with Gasteiger partial charge in [-0.25, -0.2) is 8.42 Å². The van der Waals surface area contributed by atoms with Gasteiger partial charge in [-0.15, -0.1) is 0 Å². The van der Waals surface area contributed by atoms with Crippen molar-refractivity contribution in [2.24, 2.45) is 0 Å². The summed E-state index contributed by atoms with van der Waals surface area (Å²) in [4.78, 5) is 11.3. The molecule has 0 N–H and O–H groups in total. The first-order chi connectivity index (χ1) is 11.4. The number of hydrogen-bond donors (Lipinski definition) is 0. The van der Waals surface area contributed by atoms with Crippen LogP contribution in [0.15, 0.2) is 41.3 Å². The van der Waals surface area contributed by atoms with E-state index in [9.17, 15) is 13.2 Å². The second-order valence-electron chi connectivity index (χ2n) is 6.16. The lowest BCUT2D eigenvalue weighted by atomic mass is 10.1. The second-order valence-corrected chi connectivity index (χ2v) is 8.00. The fraction of sp³-hybridized carbons (Fsp3) is 0.500. The van der Waals surface area contributed by atoms with Gasteiger partial charge in [-0.3, -0.25) is 4.79 Å². The van der Waals surface area contributed by atoms with E-state index in [1.165, 1.54) is 17.3 Å². The van der Waals surface area contributed by atoms with Crippen molar-refractivity contribution >= 4 is 15.8 Å². The number of aryl methyl sites for hydroxylation is 1. The Morgan fingerprint density at radius 3 is 2.54 bits per heavy atom. The molecule has 1 aromatic carbocycles. The van der Waals surface area contributed by atoms with Gasteiger partial charge in [-0.2, -0.15) is 4.31 Å². The van der Waals surface area contributed by atoms with Crippen LogP contribution in [0.3, 0.4) is 0 Å². The Labute approximate surface area is 144 Å². The topological polar surface area (TPSA) is 63.7 Å². The van der Waals surface area contributed by atoms with Gasteiger partial charge in [0.1, 0.15) is 6.23 Å². The number of carbonyl (C=O) groups excluding carboxylic acids is 1. The second kappa shape index (κ2) is 8.05. The van der Waals surface area contributed by atoms with Crippen LogP contribution in [0.25, 0.3) is 0 Å². The van der Waals surface area contributed by atoms with Crippen LogP contribution in [0.2, 0.25) is 0 Å². The molecule has 2 unspecified atom stereocenters. The van der Waals surface area contributed by atoms with Gasteiger partial charge in [0.15, 0.2) is 5.78 Å². The Morgan fingerprint density at radius 1 is 1.29 bits per heavy atom. The van der Waals surface area contributed by atoms with E-state index in [4.69, 9.17) is 4.74 Å². The molecule has 0 aromatic heterocycles. The SMILES string of the molecule is COC1CCC(CC/C=C/C(C)=O)N1S(=O)(=O)c1ccc(C)cc1. The van der Waals surface area contributed by atoms with Crippen LogP contribution in [-0.4, -0.2) is 37.9 Å². The van der Waals surface area contributed by atoms with Crippen LogP contribution < -0.4 is 0 Å². The van der Waals surface area contributed by atoms with Crippen LogP contribution in [0.5, 0.6) is 0 Å². The molecule has 0 aliphatic carbocycles. The summed E-state index contributed by atoms with van der Waals surface area (Å²) in [6, 6.07) is 6.77. The van der Waals surface area contributed by atoms with E-state index in [0.29, 0.717) is 24.2 Å². The van der Waals surface area contributed by atoms with Gasteiger partial charge in [0.25, 0.3) is 0 Å². The Kier molecular flexibility index (Phi) is 6.32. The van der Waals surface area contributed by atoms with Crippen molar-refractivity contribution in [1.82, 2.24) is 4.31 Å². The Bertz CT molecular complexity index is 694. The molecule has 0 radical (unpaired) electrons. The van der Waals surface area contributed by atoms with E-state index in [2.05, 4.69) is 0 Å². The average molecular weight is 351 g/mol. The number of ether oxygens (including phenoxy) is 1. The van der Waals surface area contributed by atoms with Crippen molar-refractivity contribution in [3.05, 3.63) is 42.0 Å². The maximum absolute atomic E-state index is 13.0. The minimum Gasteiger partial charge on any atom is -0.365 e. The number of sulfonamides is 1. The van der Waals surface area contributed by atoms with Gasteiger partial charge in [-0.05, 0) is 57.7 Å². The third kappa shape index (κ3) is 4.32. The van der Waals surface area contributed by atoms with Crippen LogP contribution in [0.1, 0.15) is 38.2 Å². The molecule has 6 heteroatoms. The molecule has 0 spiro atoms. The third-order valence-electron chi connectivity index (χ3n) is 4.28. The van der Waals surface area contributed by atoms with Crippen molar-refractivity contribution in [3.8, 4) is 0 Å². The zero-order valence-corrected chi connectivity index (χ0v) is 15.3. The quantitative estimate of drug-likeness (QED) is 0.708. The molecule has 1 aliphatic rings. The number of methoxy groups -OCH3 is 1. The molecule has 5 nitrogen and oxygen atoms in total. The molecule has 0 amide bonds. The number of ketones is 1. The predicted molar refractivity (Wildman–Crippen MR) is 93.1 cm³/mol. The largest absolute Gasteiger partial charge is 0.365 e. The average Bonchev–Trinajstić information content (AvgIpc) is 2.95. The number of allylic oxidation sites excluding steroid dienone is 2. The summed E-state index contributed by atoms with van der Waals surface area (Å²) in [6.45, 7) is 3.43. The normalized spacial score (nSPS) is 22.3. The van der Waals surface area contributed by atoms with Crippen LogP contribution in [0.4, 0.5) is 0 Å². The molecular weight excluding hydrogens is 326 g/mol. The highest BCUT2D eigenvalue weighted by molar-refractivity contribution is 7.89. The molecule has 1 saturated heterocycles. The standard InChI is InChI=1S/C18H25NO4S/c1-14-8-11-17(12-9-14)24(21,22)19-16(10-13-18(19)23-3)7-5-4-6-15(2)20/h4,6,8-9,11-12,16,18H,5,7,10,13H2,1-3H3/b6-4+. The highest BCUT2D eigenvalue weighted by Crippen LogP contribution is 2.33. The fourth-order valence-electron chi connectivity index (χ4n) is 3.04. The zero-order chi connectivity index (χ0) is 17.7. The van der Waals surface area contributed by atoms with Gasteiger partial charge in [0.2, 0.25) is 10.0 Å². The molecule has 0 saturated carbocycles. The molecular formula is C18H25NO4S.